The van der Waals surface area contributed by atoms with Crippen molar-refractivity contribution in [3.63, 3.8) is 0 Å². The number of aliphatic carboxylic acids is 1. The Morgan fingerprint density at radius 3 is 2.62 bits per heavy atom. The smallest absolute Gasteiger partial charge is 0.325 e. The Morgan fingerprint density at radius 2 is 1.86 bits per heavy atom. The summed E-state index contributed by atoms with van der Waals surface area (Å²) >= 11 is 0. The van der Waals surface area contributed by atoms with Crippen LogP contribution in [0.25, 0.3) is 0 Å². The molecule has 4 nitrogen and oxygen atoms in total. The minimum atomic E-state index is -0.844. The van der Waals surface area contributed by atoms with Gasteiger partial charge in [-0.3, -0.25) is 9.69 Å². The number of para-hydroxylation sites is 1. The summed E-state index contributed by atoms with van der Waals surface area (Å²) in [5, 5.41) is 9.66. The molecule has 2 aromatic carbocycles. The normalized spacial score (nSPS) is 18.4. The summed E-state index contributed by atoms with van der Waals surface area (Å²) in [4.78, 5) is 13.7. The quantitative estimate of drug-likeness (QED) is 0.941. The lowest BCUT2D eigenvalue weighted by molar-refractivity contribution is -0.143. The van der Waals surface area contributed by atoms with Crippen molar-refractivity contribution in [3.8, 4) is 5.75 Å². The lowest BCUT2D eigenvalue weighted by Gasteiger charge is -2.26. The predicted molar refractivity (Wildman–Crippen MR) is 79.2 cm³/mol. The maximum absolute atomic E-state index is 11.8. The fourth-order valence-corrected chi connectivity index (χ4v) is 2.71. The third kappa shape index (κ3) is 2.90. The zero-order valence-electron chi connectivity index (χ0n) is 11.6. The number of carbonyl (C=O) groups is 1. The molecule has 2 aromatic rings. The van der Waals surface area contributed by atoms with Crippen molar-refractivity contribution in [2.75, 3.05) is 13.2 Å². The Kier molecular flexibility index (Phi) is 3.88. The van der Waals surface area contributed by atoms with E-state index in [2.05, 4.69) is 0 Å². The zero-order chi connectivity index (χ0) is 14.7. The van der Waals surface area contributed by atoms with Crippen LogP contribution >= 0.6 is 0 Å². The molecular weight excluding hydrogens is 266 g/mol. The largest absolute Gasteiger partial charge is 0.492 e. The number of benzene rings is 2. The molecular formula is C17H17NO3. The van der Waals surface area contributed by atoms with E-state index >= 15 is 0 Å². The van der Waals surface area contributed by atoms with Crippen molar-refractivity contribution in [3.05, 3.63) is 65.7 Å². The molecule has 0 radical (unpaired) electrons. The molecule has 21 heavy (non-hydrogen) atoms. The maximum atomic E-state index is 11.8. The molecule has 1 heterocycles. The van der Waals surface area contributed by atoms with Crippen molar-refractivity contribution in [1.29, 1.82) is 0 Å². The molecule has 0 aromatic heterocycles. The Hall–Kier alpha value is -2.33. The number of hydrogen-bond donors (Lipinski definition) is 1. The van der Waals surface area contributed by atoms with Gasteiger partial charge in [0.1, 0.15) is 18.4 Å². The molecule has 3 rings (SSSR count). The summed E-state index contributed by atoms with van der Waals surface area (Å²) in [6.07, 6.45) is 0. The average molecular weight is 283 g/mol. The van der Waals surface area contributed by atoms with Crippen molar-refractivity contribution >= 4 is 5.97 Å². The highest BCUT2D eigenvalue weighted by atomic mass is 16.5. The third-order valence-corrected chi connectivity index (χ3v) is 3.68. The molecule has 0 spiro atoms. The van der Waals surface area contributed by atoms with Crippen LogP contribution in [0.1, 0.15) is 17.2 Å². The summed E-state index contributed by atoms with van der Waals surface area (Å²) in [6, 6.07) is 16.6. The summed E-state index contributed by atoms with van der Waals surface area (Å²) in [7, 11) is 0. The molecule has 1 N–H and O–H groups in total. The van der Waals surface area contributed by atoms with Gasteiger partial charge >= 0.3 is 5.97 Å². The second-order valence-electron chi connectivity index (χ2n) is 5.08. The van der Waals surface area contributed by atoms with E-state index in [1.165, 1.54) is 0 Å². The van der Waals surface area contributed by atoms with E-state index in [0.717, 1.165) is 11.1 Å². The monoisotopic (exact) mass is 283 g/mol. The molecule has 0 amide bonds. The molecule has 0 bridgehead atoms. The highest BCUT2D eigenvalue weighted by molar-refractivity contribution is 5.77. The van der Waals surface area contributed by atoms with Gasteiger partial charge in [0.05, 0.1) is 0 Å². The number of carboxylic acid groups (broad SMARTS) is 1. The van der Waals surface area contributed by atoms with Crippen LogP contribution in [-0.2, 0) is 11.3 Å². The van der Waals surface area contributed by atoms with Crippen LogP contribution in [0.5, 0.6) is 5.75 Å². The van der Waals surface area contributed by atoms with Crippen LogP contribution in [0.3, 0.4) is 0 Å². The van der Waals surface area contributed by atoms with Gasteiger partial charge in [0.2, 0.25) is 0 Å². The number of fused-ring (bicyclic) bond motifs is 1. The fraction of sp³-hybridized carbons (Fsp3) is 0.235. The first-order valence-corrected chi connectivity index (χ1v) is 6.98. The van der Waals surface area contributed by atoms with Gasteiger partial charge in [0, 0.05) is 18.7 Å². The minimum Gasteiger partial charge on any atom is -0.492 e. The van der Waals surface area contributed by atoms with Crippen LogP contribution in [0.15, 0.2) is 54.6 Å². The standard InChI is InChI=1S/C17H17NO3/c19-17(20)16-14-8-4-5-9-15(14)21-11-10-18(16)12-13-6-2-1-3-7-13/h1-9,16H,10-12H2,(H,19,20)/t16-/m0/s1. The van der Waals surface area contributed by atoms with E-state index in [0.29, 0.717) is 25.4 Å². The molecule has 0 saturated heterocycles. The van der Waals surface area contributed by atoms with Gasteiger partial charge in [-0.1, -0.05) is 48.5 Å². The lowest BCUT2D eigenvalue weighted by Crippen LogP contribution is -2.34. The highest BCUT2D eigenvalue weighted by Gasteiger charge is 2.32. The highest BCUT2D eigenvalue weighted by Crippen LogP contribution is 2.32. The molecule has 1 aliphatic rings. The second kappa shape index (κ2) is 5.97. The first kappa shape index (κ1) is 13.6. The van der Waals surface area contributed by atoms with E-state index in [-0.39, 0.29) is 0 Å². The van der Waals surface area contributed by atoms with E-state index in [1.54, 1.807) is 0 Å². The summed E-state index contributed by atoms with van der Waals surface area (Å²) in [5.41, 5.74) is 1.82. The van der Waals surface area contributed by atoms with Crippen molar-refractivity contribution in [2.24, 2.45) is 0 Å². The Labute approximate surface area is 123 Å². The topological polar surface area (TPSA) is 49.8 Å². The number of carboxylic acids is 1. The van der Waals surface area contributed by atoms with Gasteiger partial charge in [-0.25, -0.2) is 0 Å². The van der Waals surface area contributed by atoms with Gasteiger partial charge in [-0.2, -0.15) is 0 Å². The number of nitrogens with zero attached hydrogens (tertiary/aromatic N) is 1. The van der Waals surface area contributed by atoms with Crippen LogP contribution in [0.2, 0.25) is 0 Å². The molecule has 108 valence electrons. The van der Waals surface area contributed by atoms with Gasteiger partial charge < -0.3 is 9.84 Å². The number of ether oxygens (including phenoxy) is 1. The SMILES string of the molecule is O=C(O)[C@@H]1c2ccccc2OCCN1Cc1ccccc1. The average Bonchev–Trinajstić information content (AvgIpc) is 2.67. The Balaban J connectivity index is 1.94. The van der Waals surface area contributed by atoms with Crippen molar-refractivity contribution in [1.82, 2.24) is 4.90 Å². The fourth-order valence-electron chi connectivity index (χ4n) is 2.71. The second-order valence-corrected chi connectivity index (χ2v) is 5.08. The Morgan fingerprint density at radius 1 is 1.14 bits per heavy atom. The number of rotatable bonds is 3. The molecule has 0 fully saturated rings. The van der Waals surface area contributed by atoms with Gasteiger partial charge in [-0.05, 0) is 11.6 Å². The van der Waals surface area contributed by atoms with Gasteiger partial charge in [0.15, 0.2) is 0 Å². The summed E-state index contributed by atoms with van der Waals surface area (Å²) < 4.78 is 5.69. The zero-order valence-corrected chi connectivity index (χ0v) is 11.6. The maximum Gasteiger partial charge on any atom is 0.325 e. The summed E-state index contributed by atoms with van der Waals surface area (Å²) in [6.45, 7) is 1.67. The summed E-state index contributed by atoms with van der Waals surface area (Å²) in [5.74, 6) is -0.177. The van der Waals surface area contributed by atoms with Crippen LogP contribution in [0.4, 0.5) is 0 Å². The Bertz CT molecular complexity index is 627. The van der Waals surface area contributed by atoms with E-state index in [1.807, 2.05) is 59.5 Å². The third-order valence-electron chi connectivity index (χ3n) is 3.68. The lowest BCUT2D eigenvalue weighted by atomic mass is 10.0. The molecule has 4 heteroatoms. The van der Waals surface area contributed by atoms with Crippen LogP contribution in [-0.4, -0.2) is 29.1 Å². The molecule has 1 aliphatic heterocycles. The van der Waals surface area contributed by atoms with E-state index in [4.69, 9.17) is 4.74 Å². The molecule has 0 saturated carbocycles. The molecule has 1 atom stereocenters. The van der Waals surface area contributed by atoms with Crippen molar-refractivity contribution < 1.29 is 14.6 Å². The van der Waals surface area contributed by atoms with Crippen LogP contribution < -0.4 is 4.74 Å². The predicted octanol–water partition coefficient (Wildman–Crippen LogP) is 2.71. The molecule has 0 unspecified atom stereocenters. The molecule has 0 aliphatic carbocycles. The van der Waals surface area contributed by atoms with E-state index < -0.39 is 12.0 Å². The number of hydrogen-bond acceptors (Lipinski definition) is 3. The first-order chi connectivity index (χ1) is 10.3. The minimum absolute atomic E-state index is 0.494. The first-order valence-electron chi connectivity index (χ1n) is 6.98. The van der Waals surface area contributed by atoms with E-state index in [9.17, 15) is 9.90 Å². The van der Waals surface area contributed by atoms with Gasteiger partial charge in [0.25, 0.3) is 0 Å². The van der Waals surface area contributed by atoms with Crippen molar-refractivity contribution in [2.45, 2.75) is 12.6 Å². The van der Waals surface area contributed by atoms with Gasteiger partial charge in [-0.15, -0.1) is 0 Å². The van der Waals surface area contributed by atoms with Crippen LogP contribution in [0, 0.1) is 0 Å².